The Hall–Kier alpha value is -1.75. The van der Waals surface area contributed by atoms with Crippen LogP contribution in [0, 0.1) is 0 Å². The lowest BCUT2D eigenvalue weighted by Gasteiger charge is -1.97. The zero-order valence-corrected chi connectivity index (χ0v) is 13.8. The minimum atomic E-state index is -0.582. The van der Waals surface area contributed by atoms with Crippen molar-refractivity contribution in [1.82, 2.24) is 0 Å². The largest absolute Gasteiger partial charge is 0.469 e. The lowest BCUT2D eigenvalue weighted by Crippen LogP contribution is -2.09. The van der Waals surface area contributed by atoms with Crippen molar-refractivity contribution < 1.29 is 48.6 Å². The molecule has 2 N–H and O–H groups in total. The quantitative estimate of drug-likeness (QED) is 0.157. The van der Waals surface area contributed by atoms with Gasteiger partial charge < -0.3 is 24.4 Å². The summed E-state index contributed by atoms with van der Waals surface area (Å²) in [5, 5.41) is 14.0. The van der Waals surface area contributed by atoms with Gasteiger partial charge in [-0.2, -0.15) is 0 Å². The van der Waals surface area contributed by atoms with Gasteiger partial charge in [-0.3, -0.25) is 14.4 Å². The molecule has 0 amide bonds. The molecular formula is C12H26O10. The van der Waals surface area contributed by atoms with Gasteiger partial charge in [0.2, 0.25) is 0 Å². The van der Waals surface area contributed by atoms with Crippen molar-refractivity contribution in [2.45, 2.75) is 12.8 Å². The second-order valence-electron chi connectivity index (χ2n) is 2.64. The second kappa shape index (κ2) is 27.6. The maximum absolute atomic E-state index is 10.3. The number of methoxy groups -OCH3 is 3. The number of hydrogen-bond acceptors (Lipinski definition) is 10. The monoisotopic (exact) mass is 330 g/mol. The second-order valence-corrected chi connectivity index (χ2v) is 2.64. The summed E-state index contributed by atoms with van der Waals surface area (Å²) in [6.45, 7) is 0.239. The summed E-state index contributed by atoms with van der Waals surface area (Å²) < 4.78 is 12.7. The van der Waals surface area contributed by atoms with Gasteiger partial charge in [-0.25, -0.2) is 9.78 Å². The topological polar surface area (TPSA) is 138 Å². The molecule has 0 bridgehead atoms. The third kappa shape index (κ3) is 30.9. The van der Waals surface area contributed by atoms with E-state index in [4.69, 9.17) is 10.2 Å². The van der Waals surface area contributed by atoms with E-state index in [1.54, 1.807) is 0 Å². The van der Waals surface area contributed by atoms with E-state index < -0.39 is 11.9 Å². The lowest BCUT2D eigenvalue weighted by molar-refractivity contribution is -0.272. The summed E-state index contributed by atoms with van der Waals surface area (Å²) in [6, 6.07) is 0. The standard InChI is InChI=1S/C5H10O4.C5H8O4.2CH4O/c1-7-5(6)3-4-9-8-2;1-8-4(6)3-5(7)9-2;2*1-2/h3-4H2,1-2H3;3H2,1-2H3;2*2H,1H3. The van der Waals surface area contributed by atoms with Crippen LogP contribution in [0.25, 0.3) is 0 Å². The Kier molecular flexibility index (Phi) is 35.6. The summed E-state index contributed by atoms with van der Waals surface area (Å²) in [5.41, 5.74) is 0. The van der Waals surface area contributed by atoms with Gasteiger partial charge in [0.25, 0.3) is 0 Å². The van der Waals surface area contributed by atoms with Gasteiger partial charge in [-0.15, -0.1) is 0 Å². The maximum atomic E-state index is 10.3. The Morgan fingerprint density at radius 3 is 1.36 bits per heavy atom. The first-order valence-electron chi connectivity index (χ1n) is 5.77. The van der Waals surface area contributed by atoms with Gasteiger partial charge in [-0.05, 0) is 0 Å². The van der Waals surface area contributed by atoms with Crippen LogP contribution in [-0.4, -0.2) is 77.4 Å². The highest BCUT2D eigenvalue weighted by Crippen LogP contribution is 1.86. The van der Waals surface area contributed by atoms with E-state index in [-0.39, 0.29) is 25.4 Å². The van der Waals surface area contributed by atoms with E-state index >= 15 is 0 Å². The van der Waals surface area contributed by atoms with E-state index in [1.165, 1.54) is 28.4 Å². The number of carbonyl (C=O) groups excluding carboxylic acids is 3. The fourth-order valence-electron chi connectivity index (χ4n) is 0.573. The van der Waals surface area contributed by atoms with Crippen molar-refractivity contribution in [3.05, 3.63) is 0 Å². The third-order valence-corrected chi connectivity index (χ3v) is 1.48. The highest BCUT2D eigenvalue weighted by molar-refractivity contribution is 5.90. The van der Waals surface area contributed by atoms with Crippen LogP contribution in [0.15, 0.2) is 0 Å². The molecule has 0 fully saturated rings. The van der Waals surface area contributed by atoms with Crippen molar-refractivity contribution in [2.24, 2.45) is 0 Å². The molecule has 0 atom stereocenters. The molecule has 10 heteroatoms. The van der Waals surface area contributed by atoms with Crippen LogP contribution in [0.2, 0.25) is 0 Å². The van der Waals surface area contributed by atoms with Crippen LogP contribution in [-0.2, 0) is 38.4 Å². The Morgan fingerprint density at radius 2 is 1.09 bits per heavy atom. The molecule has 0 aliphatic rings. The van der Waals surface area contributed by atoms with Gasteiger partial charge in [-0.1, -0.05) is 0 Å². The molecule has 0 aliphatic carbocycles. The predicted octanol–water partition coefficient (Wildman–Crippen LogP) is -0.933. The fraction of sp³-hybridized carbons (Fsp3) is 0.750. The molecule has 22 heavy (non-hydrogen) atoms. The Balaban J connectivity index is -0.000000120. The summed E-state index contributed by atoms with van der Waals surface area (Å²) in [5.74, 6) is -1.46. The molecular weight excluding hydrogens is 304 g/mol. The molecule has 0 spiro atoms. The van der Waals surface area contributed by atoms with Crippen LogP contribution < -0.4 is 0 Å². The average Bonchev–Trinajstić information content (AvgIpc) is 2.58. The molecule has 0 aliphatic heterocycles. The summed E-state index contributed by atoms with van der Waals surface area (Å²) in [4.78, 5) is 39.5. The molecule has 0 aromatic heterocycles. The minimum Gasteiger partial charge on any atom is -0.469 e. The molecule has 0 aromatic rings. The lowest BCUT2D eigenvalue weighted by atomic mass is 10.4. The van der Waals surface area contributed by atoms with Crippen LogP contribution in [0.5, 0.6) is 0 Å². The van der Waals surface area contributed by atoms with E-state index in [0.29, 0.717) is 0 Å². The third-order valence-electron chi connectivity index (χ3n) is 1.48. The first kappa shape index (κ1) is 28.4. The first-order valence-corrected chi connectivity index (χ1v) is 5.77. The number of aliphatic hydroxyl groups is 2. The Labute approximate surface area is 129 Å². The smallest absolute Gasteiger partial charge is 0.316 e. The predicted molar refractivity (Wildman–Crippen MR) is 74.5 cm³/mol. The zero-order valence-electron chi connectivity index (χ0n) is 13.8. The van der Waals surface area contributed by atoms with Gasteiger partial charge in [0, 0.05) is 14.2 Å². The molecule has 0 rings (SSSR count). The highest BCUT2D eigenvalue weighted by Gasteiger charge is 2.07. The van der Waals surface area contributed by atoms with Crippen molar-refractivity contribution in [3.63, 3.8) is 0 Å². The maximum Gasteiger partial charge on any atom is 0.316 e. The number of hydrogen-bond donors (Lipinski definition) is 2. The molecule has 10 nitrogen and oxygen atoms in total. The number of esters is 3. The Bertz CT molecular complexity index is 240. The summed E-state index contributed by atoms with van der Waals surface area (Å²) in [7, 11) is 7.14. The van der Waals surface area contributed by atoms with Crippen LogP contribution in [0.4, 0.5) is 0 Å². The molecule has 0 heterocycles. The molecule has 134 valence electrons. The summed E-state index contributed by atoms with van der Waals surface area (Å²) in [6.07, 6.45) is -0.0860. The van der Waals surface area contributed by atoms with E-state index in [0.717, 1.165) is 14.2 Å². The van der Waals surface area contributed by atoms with Crippen molar-refractivity contribution >= 4 is 17.9 Å². The normalized spacial score (nSPS) is 7.64. The average molecular weight is 330 g/mol. The Morgan fingerprint density at radius 1 is 0.727 bits per heavy atom. The molecule has 0 aromatic carbocycles. The van der Waals surface area contributed by atoms with Crippen LogP contribution in [0.3, 0.4) is 0 Å². The molecule has 0 saturated carbocycles. The number of carbonyl (C=O) groups is 3. The zero-order chi connectivity index (χ0) is 18.4. The molecule has 0 unspecified atom stereocenters. The van der Waals surface area contributed by atoms with Crippen LogP contribution in [0.1, 0.15) is 12.8 Å². The van der Waals surface area contributed by atoms with Gasteiger partial charge in [0.05, 0.1) is 41.5 Å². The van der Waals surface area contributed by atoms with E-state index in [2.05, 4.69) is 24.0 Å². The minimum absolute atomic E-state index is 0.227. The van der Waals surface area contributed by atoms with Crippen molar-refractivity contribution in [3.8, 4) is 0 Å². The van der Waals surface area contributed by atoms with Gasteiger partial charge >= 0.3 is 17.9 Å². The van der Waals surface area contributed by atoms with E-state index in [1.807, 2.05) is 0 Å². The van der Waals surface area contributed by atoms with E-state index in [9.17, 15) is 14.4 Å². The van der Waals surface area contributed by atoms with Crippen molar-refractivity contribution in [2.75, 3.05) is 49.3 Å². The SMILES string of the molecule is CO.CO.COC(=O)CC(=O)OC.COOCCC(=O)OC. The van der Waals surface area contributed by atoms with Gasteiger partial charge in [0.1, 0.15) is 6.42 Å². The first-order chi connectivity index (χ1) is 10.5. The molecule has 0 radical (unpaired) electrons. The number of aliphatic hydroxyl groups excluding tert-OH is 2. The number of ether oxygens (including phenoxy) is 3. The van der Waals surface area contributed by atoms with Gasteiger partial charge in [0.15, 0.2) is 0 Å². The fourth-order valence-corrected chi connectivity index (χ4v) is 0.573. The highest BCUT2D eigenvalue weighted by atomic mass is 17.2. The number of rotatable bonds is 6. The molecule has 0 saturated heterocycles. The van der Waals surface area contributed by atoms with Crippen molar-refractivity contribution in [1.29, 1.82) is 0 Å². The van der Waals surface area contributed by atoms with Crippen LogP contribution >= 0.6 is 0 Å². The summed E-state index contributed by atoms with van der Waals surface area (Å²) >= 11 is 0.